The molecule has 8 heteroatoms. The van der Waals surface area contributed by atoms with Crippen LogP contribution in [0.4, 0.5) is 11.4 Å². The molecule has 0 heterocycles. The van der Waals surface area contributed by atoms with E-state index in [0.717, 1.165) is 0 Å². The van der Waals surface area contributed by atoms with Crippen molar-refractivity contribution in [2.45, 2.75) is 6.92 Å². The van der Waals surface area contributed by atoms with Crippen LogP contribution in [0.1, 0.15) is 15.9 Å². The zero-order chi connectivity index (χ0) is 16.4. The maximum absolute atomic E-state index is 12.3. The number of nitrogens with one attached hydrogen (secondary N) is 1. The molecule has 0 spiro atoms. The Morgan fingerprint density at radius 3 is 2.55 bits per heavy atom. The molecule has 0 aliphatic carbocycles. The van der Waals surface area contributed by atoms with Crippen molar-refractivity contribution in [2.75, 3.05) is 5.32 Å². The summed E-state index contributed by atoms with van der Waals surface area (Å²) in [5.41, 5.74) is 0.981. The van der Waals surface area contributed by atoms with Gasteiger partial charge >= 0.3 is 0 Å². The van der Waals surface area contributed by atoms with Crippen LogP contribution in [0.25, 0.3) is 0 Å². The van der Waals surface area contributed by atoms with Gasteiger partial charge in [-0.3, -0.25) is 14.9 Å². The van der Waals surface area contributed by atoms with E-state index in [2.05, 4.69) is 21.2 Å². The Kier molecular flexibility index (Phi) is 5.05. The first-order chi connectivity index (χ1) is 10.3. The molecule has 0 unspecified atom stereocenters. The van der Waals surface area contributed by atoms with Crippen molar-refractivity contribution in [1.82, 2.24) is 0 Å². The molecule has 0 bridgehead atoms. The highest BCUT2D eigenvalue weighted by molar-refractivity contribution is 9.10. The molecule has 0 aromatic heterocycles. The predicted octanol–water partition coefficient (Wildman–Crippen LogP) is 5.22. The Morgan fingerprint density at radius 1 is 1.23 bits per heavy atom. The van der Waals surface area contributed by atoms with Gasteiger partial charge in [-0.1, -0.05) is 39.1 Å². The molecule has 1 N–H and O–H groups in total. The molecule has 2 aromatic carbocycles. The van der Waals surface area contributed by atoms with E-state index in [1.54, 1.807) is 25.1 Å². The average Bonchev–Trinajstić information content (AvgIpc) is 2.44. The van der Waals surface area contributed by atoms with Crippen molar-refractivity contribution < 1.29 is 9.72 Å². The van der Waals surface area contributed by atoms with Gasteiger partial charge in [0.2, 0.25) is 0 Å². The topological polar surface area (TPSA) is 72.2 Å². The van der Waals surface area contributed by atoms with Gasteiger partial charge in [-0.25, -0.2) is 0 Å². The van der Waals surface area contributed by atoms with Crippen LogP contribution in [-0.4, -0.2) is 10.8 Å². The van der Waals surface area contributed by atoms with E-state index in [9.17, 15) is 14.9 Å². The van der Waals surface area contributed by atoms with Crippen LogP contribution < -0.4 is 5.32 Å². The summed E-state index contributed by atoms with van der Waals surface area (Å²) in [6, 6.07) is 7.54. The third-order valence-corrected chi connectivity index (χ3v) is 4.04. The fourth-order valence-corrected chi connectivity index (χ4v) is 2.60. The Labute approximate surface area is 144 Å². The van der Waals surface area contributed by atoms with Crippen LogP contribution in [0.15, 0.2) is 34.8 Å². The molecule has 1 amide bonds. The zero-order valence-corrected chi connectivity index (χ0v) is 14.3. The third-order valence-electron chi connectivity index (χ3n) is 2.91. The summed E-state index contributed by atoms with van der Waals surface area (Å²) in [4.78, 5) is 22.5. The molecule has 2 aromatic rings. The van der Waals surface area contributed by atoms with Gasteiger partial charge in [-0.15, -0.1) is 0 Å². The van der Waals surface area contributed by atoms with Crippen molar-refractivity contribution >= 4 is 56.4 Å². The zero-order valence-electron chi connectivity index (χ0n) is 11.2. The summed E-state index contributed by atoms with van der Waals surface area (Å²) < 4.78 is 0.709. The number of nitro benzene ring substituents is 1. The highest BCUT2D eigenvalue weighted by atomic mass is 79.9. The van der Waals surface area contributed by atoms with Gasteiger partial charge in [-0.2, -0.15) is 0 Å². The third kappa shape index (κ3) is 3.58. The Bertz CT molecular complexity index is 781. The lowest BCUT2D eigenvalue weighted by Crippen LogP contribution is -2.13. The number of aryl methyl sites for hydroxylation is 1. The van der Waals surface area contributed by atoms with Gasteiger partial charge in [0, 0.05) is 16.2 Å². The van der Waals surface area contributed by atoms with Gasteiger partial charge in [0.25, 0.3) is 11.6 Å². The van der Waals surface area contributed by atoms with E-state index >= 15 is 0 Å². The van der Waals surface area contributed by atoms with E-state index < -0.39 is 10.8 Å². The minimum Gasteiger partial charge on any atom is -0.322 e. The monoisotopic (exact) mass is 402 g/mol. The summed E-state index contributed by atoms with van der Waals surface area (Å²) in [5.74, 6) is -0.431. The van der Waals surface area contributed by atoms with Crippen molar-refractivity contribution in [2.24, 2.45) is 0 Å². The number of benzene rings is 2. The second kappa shape index (κ2) is 6.64. The molecule has 0 saturated carbocycles. The van der Waals surface area contributed by atoms with Crippen LogP contribution in [0.5, 0.6) is 0 Å². The highest BCUT2D eigenvalue weighted by Crippen LogP contribution is 2.31. The molecule has 0 fully saturated rings. The molecular formula is C14H9BrCl2N2O3. The first-order valence-electron chi connectivity index (χ1n) is 6.00. The van der Waals surface area contributed by atoms with Crippen molar-refractivity contribution in [3.8, 4) is 0 Å². The predicted molar refractivity (Wildman–Crippen MR) is 89.9 cm³/mol. The second-order valence-electron chi connectivity index (χ2n) is 4.45. The molecule has 0 aliphatic rings. The SMILES string of the molecule is Cc1cc([N+](=O)[O-])c(Cl)cc1NC(=O)c1cc(Br)ccc1Cl. The lowest BCUT2D eigenvalue weighted by atomic mass is 10.1. The maximum Gasteiger partial charge on any atom is 0.288 e. The van der Waals surface area contributed by atoms with Crippen molar-refractivity contribution in [3.05, 3.63) is 66.1 Å². The number of halogens is 3. The van der Waals surface area contributed by atoms with Crippen LogP contribution in [-0.2, 0) is 0 Å². The standard InChI is InChI=1S/C14H9BrCl2N2O3/c1-7-4-13(19(21)22)11(17)6-12(7)18-14(20)9-5-8(15)2-3-10(9)16/h2-6H,1H3,(H,18,20). The minimum absolute atomic E-state index is 0.0498. The second-order valence-corrected chi connectivity index (χ2v) is 6.18. The first kappa shape index (κ1) is 16.7. The minimum atomic E-state index is -0.577. The molecule has 114 valence electrons. The van der Waals surface area contributed by atoms with Gasteiger partial charge in [0.05, 0.1) is 15.5 Å². The summed E-state index contributed by atoms with van der Waals surface area (Å²) in [7, 11) is 0. The van der Waals surface area contributed by atoms with Crippen LogP contribution in [0.2, 0.25) is 10.0 Å². The van der Waals surface area contributed by atoms with E-state index in [1.165, 1.54) is 12.1 Å². The Hall–Kier alpha value is -1.63. The average molecular weight is 404 g/mol. The number of nitro groups is 1. The number of anilines is 1. The van der Waals surface area contributed by atoms with Crippen molar-refractivity contribution in [3.63, 3.8) is 0 Å². The van der Waals surface area contributed by atoms with Crippen LogP contribution in [0, 0.1) is 17.0 Å². The molecule has 0 radical (unpaired) electrons. The molecule has 2 rings (SSSR count). The molecular weight excluding hydrogens is 395 g/mol. The first-order valence-corrected chi connectivity index (χ1v) is 7.55. The van der Waals surface area contributed by atoms with Crippen molar-refractivity contribution in [1.29, 1.82) is 0 Å². The Morgan fingerprint density at radius 2 is 1.91 bits per heavy atom. The smallest absolute Gasteiger partial charge is 0.288 e. The lowest BCUT2D eigenvalue weighted by molar-refractivity contribution is -0.384. The number of nitrogens with zero attached hydrogens (tertiary/aromatic N) is 1. The van der Waals surface area contributed by atoms with E-state index in [-0.39, 0.29) is 16.3 Å². The lowest BCUT2D eigenvalue weighted by Gasteiger charge is -2.10. The quantitative estimate of drug-likeness (QED) is 0.563. The highest BCUT2D eigenvalue weighted by Gasteiger charge is 2.17. The summed E-state index contributed by atoms with van der Waals surface area (Å²) >= 11 is 15.1. The molecule has 22 heavy (non-hydrogen) atoms. The normalized spacial score (nSPS) is 10.4. The summed E-state index contributed by atoms with van der Waals surface area (Å²) in [6.45, 7) is 1.64. The van der Waals surface area contributed by atoms with Crippen LogP contribution in [0.3, 0.4) is 0 Å². The number of hydrogen-bond donors (Lipinski definition) is 1. The van der Waals surface area contributed by atoms with E-state index in [4.69, 9.17) is 23.2 Å². The number of carbonyl (C=O) groups is 1. The number of carbonyl (C=O) groups excluding carboxylic acids is 1. The van der Waals surface area contributed by atoms with E-state index in [0.29, 0.717) is 20.7 Å². The number of hydrogen-bond acceptors (Lipinski definition) is 3. The van der Waals surface area contributed by atoms with E-state index in [1.807, 2.05) is 0 Å². The van der Waals surface area contributed by atoms with Gasteiger partial charge in [0.15, 0.2) is 0 Å². The van der Waals surface area contributed by atoms with Gasteiger partial charge < -0.3 is 5.32 Å². The molecule has 0 atom stereocenters. The summed E-state index contributed by atoms with van der Waals surface area (Å²) in [6.07, 6.45) is 0. The van der Waals surface area contributed by atoms with Gasteiger partial charge in [0.1, 0.15) is 5.02 Å². The molecule has 0 aliphatic heterocycles. The molecule has 0 saturated heterocycles. The maximum atomic E-state index is 12.3. The fourth-order valence-electron chi connectivity index (χ4n) is 1.80. The Balaban J connectivity index is 2.35. The van der Waals surface area contributed by atoms with Crippen LogP contribution >= 0.6 is 39.1 Å². The number of amides is 1. The molecule has 5 nitrogen and oxygen atoms in total. The largest absolute Gasteiger partial charge is 0.322 e. The number of rotatable bonds is 3. The van der Waals surface area contributed by atoms with Gasteiger partial charge in [-0.05, 0) is 36.8 Å². The fraction of sp³-hybridized carbons (Fsp3) is 0.0714. The summed E-state index contributed by atoms with van der Waals surface area (Å²) in [5, 5.41) is 13.7.